The first-order valence-electron chi connectivity index (χ1n) is 6.03. The molecule has 1 aromatic rings. The fourth-order valence-electron chi connectivity index (χ4n) is 2.10. The highest BCUT2D eigenvalue weighted by molar-refractivity contribution is 6.24. The molecule has 4 heteroatoms. The van der Waals surface area contributed by atoms with E-state index in [0.717, 1.165) is 5.69 Å². The average molecular weight is 252 g/mol. The van der Waals surface area contributed by atoms with Gasteiger partial charge in [-0.2, -0.15) is 0 Å². The number of nitrogens with one attached hydrogen (secondary N) is 2. The van der Waals surface area contributed by atoms with Crippen LogP contribution in [0.4, 0.5) is 5.69 Å². The number of dihydropyridines is 1. The molecule has 1 aliphatic heterocycles. The lowest BCUT2D eigenvalue weighted by Gasteiger charge is -2.21. The molecule has 0 aromatic heterocycles. The van der Waals surface area contributed by atoms with E-state index in [1.54, 1.807) is 6.08 Å². The van der Waals surface area contributed by atoms with Crippen molar-refractivity contribution in [2.75, 3.05) is 11.9 Å². The van der Waals surface area contributed by atoms with Gasteiger partial charge in [0.25, 0.3) is 0 Å². The number of benzene rings is 1. The van der Waals surface area contributed by atoms with Gasteiger partial charge in [-0.3, -0.25) is 9.59 Å². The van der Waals surface area contributed by atoms with Crippen molar-refractivity contribution in [3.8, 4) is 0 Å². The molecule has 3 rings (SSSR count). The van der Waals surface area contributed by atoms with Gasteiger partial charge in [-0.05, 0) is 12.1 Å². The zero-order valence-corrected chi connectivity index (χ0v) is 10.1. The number of hydrogen-bond donors (Lipinski definition) is 2. The minimum absolute atomic E-state index is 0.156. The van der Waals surface area contributed by atoms with Crippen molar-refractivity contribution in [2.45, 2.75) is 0 Å². The van der Waals surface area contributed by atoms with Crippen molar-refractivity contribution < 1.29 is 9.59 Å². The van der Waals surface area contributed by atoms with Crippen molar-refractivity contribution in [1.29, 1.82) is 0 Å². The lowest BCUT2D eigenvalue weighted by atomic mass is 9.95. The topological polar surface area (TPSA) is 58.2 Å². The molecule has 0 fully saturated rings. The Hall–Kier alpha value is -2.62. The van der Waals surface area contributed by atoms with Gasteiger partial charge in [-0.1, -0.05) is 30.4 Å². The van der Waals surface area contributed by atoms with Gasteiger partial charge in [-0.25, -0.2) is 0 Å². The van der Waals surface area contributed by atoms with Crippen LogP contribution < -0.4 is 10.6 Å². The van der Waals surface area contributed by atoms with E-state index in [4.69, 9.17) is 0 Å². The molecule has 1 aliphatic carbocycles. The van der Waals surface area contributed by atoms with Crippen molar-refractivity contribution in [3.63, 3.8) is 0 Å². The third kappa shape index (κ3) is 2.08. The van der Waals surface area contributed by atoms with E-state index >= 15 is 0 Å². The van der Waals surface area contributed by atoms with Crippen LogP contribution in [0.15, 0.2) is 65.5 Å². The summed E-state index contributed by atoms with van der Waals surface area (Å²) in [6.45, 7) is 0.566. The van der Waals surface area contributed by atoms with Gasteiger partial charge in [0.2, 0.25) is 5.78 Å². The van der Waals surface area contributed by atoms with Crippen LogP contribution in [0.3, 0.4) is 0 Å². The highest BCUT2D eigenvalue weighted by atomic mass is 16.1. The maximum absolute atomic E-state index is 12.3. The second-order valence-electron chi connectivity index (χ2n) is 4.31. The summed E-state index contributed by atoms with van der Waals surface area (Å²) in [6, 6.07) is 9.31. The van der Waals surface area contributed by atoms with Crippen LogP contribution >= 0.6 is 0 Å². The Morgan fingerprint density at radius 2 is 1.89 bits per heavy atom. The summed E-state index contributed by atoms with van der Waals surface area (Å²) >= 11 is 0. The number of anilines is 1. The predicted molar refractivity (Wildman–Crippen MR) is 72.3 cm³/mol. The predicted octanol–water partition coefficient (Wildman–Crippen LogP) is 1.55. The molecule has 0 atom stereocenters. The molecule has 19 heavy (non-hydrogen) atoms. The van der Waals surface area contributed by atoms with Crippen molar-refractivity contribution in [2.24, 2.45) is 0 Å². The van der Waals surface area contributed by atoms with E-state index in [0.29, 0.717) is 23.5 Å². The molecule has 2 aliphatic rings. The quantitative estimate of drug-likeness (QED) is 0.784. The molecule has 1 heterocycles. The van der Waals surface area contributed by atoms with Crippen LogP contribution in [0, 0.1) is 0 Å². The molecule has 1 aromatic carbocycles. The molecule has 0 saturated carbocycles. The molecule has 94 valence electrons. The van der Waals surface area contributed by atoms with Gasteiger partial charge in [0.15, 0.2) is 5.78 Å². The number of ketones is 2. The van der Waals surface area contributed by atoms with Crippen LogP contribution in [0.25, 0.3) is 0 Å². The third-order valence-electron chi connectivity index (χ3n) is 3.02. The summed E-state index contributed by atoms with van der Waals surface area (Å²) in [4.78, 5) is 24.2. The maximum atomic E-state index is 12.3. The second kappa shape index (κ2) is 4.57. The van der Waals surface area contributed by atoms with Crippen LogP contribution in [0.2, 0.25) is 0 Å². The van der Waals surface area contributed by atoms with Crippen LogP contribution in [0.1, 0.15) is 0 Å². The Morgan fingerprint density at radius 3 is 2.68 bits per heavy atom. The fourth-order valence-corrected chi connectivity index (χ4v) is 2.10. The summed E-state index contributed by atoms with van der Waals surface area (Å²) in [5, 5.41) is 5.95. The van der Waals surface area contributed by atoms with E-state index < -0.39 is 0 Å². The highest BCUT2D eigenvalue weighted by Gasteiger charge is 2.28. The summed E-state index contributed by atoms with van der Waals surface area (Å²) in [5.74, 6) is -0.334. The minimum atomic E-state index is -0.178. The van der Waals surface area contributed by atoms with Gasteiger partial charge in [-0.15, -0.1) is 0 Å². The smallest absolute Gasteiger partial charge is 0.225 e. The normalized spacial score (nSPS) is 17.8. The van der Waals surface area contributed by atoms with Gasteiger partial charge >= 0.3 is 0 Å². The van der Waals surface area contributed by atoms with E-state index in [2.05, 4.69) is 10.6 Å². The van der Waals surface area contributed by atoms with E-state index in [1.165, 1.54) is 6.08 Å². The Labute approximate surface area is 110 Å². The molecule has 2 N–H and O–H groups in total. The number of para-hydroxylation sites is 1. The van der Waals surface area contributed by atoms with Crippen molar-refractivity contribution >= 4 is 17.3 Å². The van der Waals surface area contributed by atoms with Crippen LogP contribution in [0.5, 0.6) is 0 Å². The van der Waals surface area contributed by atoms with E-state index in [1.807, 2.05) is 36.4 Å². The lowest BCUT2D eigenvalue weighted by Crippen LogP contribution is -2.33. The molecule has 0 saturated heterocycles. The number of carbonyl (C=O) groups excluding carboxylic acids is 2. The van der Waals surface area contributed by atoms with Gasteiger partial charge in [0, 0.05) is 23.9 Å². The summed E-state index contributed by atoms with van der Waals surface area (Å²) in [5.41, 5.74) is 1.91. The lowest BCUT2D eigenvalue weighted by molar-refractivity contribution is -0.115. The number of rotatable bonds is 2. The molecule has 0 bridgehead atoms. The largest absolute Gasteiger partial charge is 0.378 e. The maximum Gasteiger partial charge on any atom is 0.225 e. The Morgan fingerprint density at radius 1 is 1.11 bits per heavy atom. The summed E-state index contributed by atoms with van der Waals surface area (Å²) < 4.78 is 0. The van der Waals surface area contributed by atoms with Crippen molar-refractivity contribution in [1.82, 2.24) is 5.32 Å². The van der Waals surface area contributed by atoms with Gasteiger partial charge in [0.05, 0.1) is 11.4 Å². The molecule has 0 unspecified atom stereocenters. The first kappa shape index (κ1) is 11.5. The Balaban J connectivity index is 1.91. The molecular formula is C15H12N2O2. The molecule has 4 nitrogen and oxygen atoms in total. The van der Waals surface area contributed by atoms with E-state index in [-0.39, 0.29) is 11.6 Å². The standard InChI is InChI=1S/C15H12N2O2/c18-13-9-12(17-10-5-2-1-3-6-10)15(19)14-11(13)7-4-8-16-14/h1-7,9,16-17H,8H2. The summed E-state index contributed by atoms with van der Waals surface area (Å²) in [6.07, 6.45) is 4.88. The fraction of sp³-hybridized carbons (Fsp3) is 0.0667. The number of carbonyl (C=O) groups is 2. The summed E-state index contributed by atoms with van der Waals surface area (Å²) in [7, 11) is 0. The number of allylic oxidation sites excluding steroid dienone is 3. The van der Waals surface area contributed by atoms with Gasteiger partial charge in [0.1, 0.15) is 0 Å². The molecule has 0 amide bonds. The van der Waals surface area contributed by atoms with E-state index in [9.17, 15) is 9.59 Å². The first-order valence-corrected chi connectivity index (χ1v) is 6.03. The Bertz CT molecular complexity index is 639. The number of hydrogen-bond acceptors (Lipinski definition) is 4. The van der Waals surface area contributed by atoms with Gasteiger partial charge < -0.3 is 10.6 Å². The zero-order chi connectivity index (χ0) is 13.2. The Kier molecular flexibility index (Phi) is 2.76. The molecule has 0 radical (unpaired) electrons. The minimum Gasteiger partial charge on any atom is -0.378 e. The SMILES string of the molecule is O=C1C=C(Nc2ccccc2)C(=O)C2=C1C=CCN2. The average Bonchev–Trinajstić information content (AvgIpc) is 2.46. The zero-order valence-electron chi connectivity index (χ0n) is 10.1. The number of Topliss-reactive ketones (excluding diaryl/α,β-unsaturated/α-hetero) is 1. The van der Waals surface area contributed by atoms with Crippen molar-refractivity contribution in [3.05, 3.63) is 65.5 Å². The third-order valence-corrected chi connectivity index (χ3v) is 3.02. The molecule has 0 spiro atoms. The second-order valence-corrected chi connectivity index (χ2v) is 4.31. The van der Waals surface area contributed by atoms with Crippen LogP contribution in [-0.4, -0.2) is 18.1 Å². The first-order chi connectivity index (χ1) is 9.25. The van der Waals surface area contributed by atoms with Crippen LogP contribution in [-0.2, 0) is 9.59 Å². The monoisotopic (exact) mass is 252 g/mol. The molecular weight excluding hydrogens is 240 g/mol. The highest BCUT2D eigenvalue weighted by Crippen LogP contribution is 2.22.